The van der Waals surface area contributed by atoms with Crippen molar-refractivity contribution in [2.75, 3.05) is 0 Å². The zero-order valence-corrected chi connectivity index (χ0v) is 12.5. The molecule has 0 fully saturated rings. The van der Waals surface area contributed by atoms with E-state index in [1.807, 2.05) is 37.3 Å². The monoisotopic (exact) mass is 290 g/mol. The molecule has 0 aliphatic heterocycles. The van der Waals surface area contributed by atoms with Crippen LogP contribution in [-0.2, 0) is 12.8 Å². The predicted molar refractivity (Wildman–Crippen MR) is 82.5 cm³/mol. The number of hydrogen-bond donors (Lipinski definition) is 1. The summed E-state index contributed by atoms with van der Waals surface area (Å²) in [5, 5.41) is 0.764. The van der Waals surface area contributed by atoms with Crippen LogP contribution in [0.1, 0.15) is 25.0 Å². The molecule has 3 nitrogen and oxygen atoms in total. The third-order valence-electron chi connectivity index (χ3n) is 2.98. The van der Waals surface area contributed by atoms with E-state index in [0.29, 0.717) is 5.88 Å². The number of aromatic nitrogens is 1. The average molecular weight is 291 g/mol. The van der Waals surface area contributed by atoms with Gasteiger partial charge in [0.05, 0.1) is 0 Å². The van der Waals surface area contributed by atoms with Gasteiger partial charge in [-0.2, -0.15) is 0 Å². The molecule has 0 aliphatic carbocycles. The quantitative estimate of drug-likeness (QED) is 0.906. The van der Waals surface area contributed by atoms with Gasteiger partial charge in [0.15, 0.2) is 0 Å². The van der Waals surface area contributed by atoms with Crippen LogP contribution in [0.5, 0.6) is 11.6 Å². The number of aryl methyl sites for hydroxylation is 1. The fraction of sp³-hybridized carbons (Fsp3) is 0.312. The molecule has 0 saturated heterocycles. The number of rotatable bonds is 5. The Kier molecular flexibility index (Phi) is 4.99. The lowest BCUT2D eigenvalue weighted by Gasteiger charge is -2.09. The molecule has 2 aromatic rings. The van der Waals surface area contributed by atoms with E-state index in [4.69, 9.17) is 22.1 Å². The van der Waals surface area contributed by atoms with Crippen LogP contribution in [0.4, 0.5) is 0 Å². The van der Waals surface area contributed by atoms with E-state index in [1.165, 1.54) is 0 Å². The lowest BCUT2D eigenvalue weighted by molar-refractivity contribution is 0.462. The largest absolute Gasteiger partial charge is 0.439 e. The summed E-state index contributed by atoms with van der Waals surface area (Å²) in [7, 11) is 0. The topological polar surface area (TPSA) is 48.1 Å². The van der Waals surface area contributed by atoms with Crippen molar-refractivity contribution in [3.05, 3.63) is 52.7 Å². The van der Waals surface area contributed by atoms with Crippen LogP contribution in [0.15, 0.2) is 36.5 Å². The van der Waals surface area contributed by atoms with Gasteiger partial charge in [-0.05, 0) is 49.1 Å². The minimum Gasteiger partial charge on any atom is -0.439 e. The molecule has 0 radical (unpaired) electrons. The fourth-order valence-electron chi connectivity index (χ4n) is 1.97. The molecule has 0 aliphatic rings. The lowest BCUT2D eigenvalue weighted by atomic mass is 10.1. The minimum atomic E-state index is 0.131. The molecule has 20 heavy (non-hydrogen) atoms. The molecule has 0 amide bonds. The first kappa shape index (κ1) is 14.8. The smallest absolute Gasteiger partial charge is 0.219 e. The van der Waals surface area contributed by atoms with Crippen LogP contribution < -0.4 is 10.5 Å². The molecule has 106 valence electrons. The highest BCUT2D eigenvalue weighted by Gasteiger charge is 2.04. The Bertz CT molecular complexity index is 567. The van der Waals surface area contributed by atoms with Crippen molar-refractivity contribution in [1.29, 1.82) is 0 Å². The van der Waals surface area contributed by atoms with Gasteiger partial charge in [-0.3, -0.25) is 0 Å². The van der Waals surface area contributed by atoms with E-state index in [9.17, 15) is 0 Å². The highest BCUT2D eigenvalue weighted by atomic mass is 35.5. The molecule has 0 bridgehead atoms. The third kappa shape index (κ3) is 3.95. The molecule has 2 N–H and O–H groups in total. The molecular weight excluding hydrogens is 272 g/mol. The fourth-order valence-corrected chi connectivity index (χ4v) is 2.22. The third-order valence-corrected chi connectivity index (χ3v) is 3.34. The summed E-state index contributed by atoms with van der Waals surface area (Å²) in [5.74, 6) is 1.32. The van der Waals surface area contributed by atoms with Crippen LogP contribution in [0.25, 0.3) is 0 Å². The first-order valence-electron chi connectivity index (χ1n) is 6.75. The summed E-state index contributed by atoms with van der Waals surface area (Å²) in [4.78, 5) is 4.29. The van der Waals surface area contributed by atoms with Gasteiger partial charge >= 0.3 is 0 Å². The highest BCUT2D eigenvalue weighted by Crippen LogP contribution is 2.25. The molecule has 0 saturated carbocycles. The van der Waals surface area contributed by atoms with E-state index >= 15 is 0 Å². The molecule has 1 atom stereocenters. The highest BCUT2D eigenvalue weighted by molar-refractivity contribution is 6.31. The molecule has 1 aromatic heterocycles. The number of benzene rings is 1. The number of halogens is 1. The maximum absolute atomic E-state index is 6.09. The molecule has 1 heterocycles. The van der Waals surface area contributed by atoms with E-state index in [-0.39, 0.29) is 6.04 Å². The van der Waals surface area contributed by atoms with E-state index < -0.39 is 0 Å². The van der Waals surface area contributed by atoms with Crippen molar-refractivity contribution < 1.29 is 4.74 Å². The Morgan fingerprint density at radius 3 is 2.70 bits per heavy atom. The molecular formula is C16H19ClN2O. The Balaban J connectivity index is 2.10. The maximum atomic E-state index is 6.09. The van der Waals surface area contributed by atoms with Gasteiger partial charge in [0, 0.05) is 23.3 Å². The van der Waals surface area contributed by atoms with E-state index in [0.717, 1.165) is 34.7 Å². The SMILES string of the molecule is CCc1cc(Oc2ccc(CC(C)N)cn2)ccc1Cl. The van der Waals surface area contributed by atoms with Gasteiger partial charge in [0.25, 0.3) is 0 Å². The van der Waals surface area contributed by atoms with Crippen LogP contribution in [-0.4, -0.2) is 11.0 Å². The number of ether oxygens (including phenoxy) is 1. The van der Waals surface area contributed by atoms with Crippen molar-refractivity contribution in [2.24, 2.45) is 5.73 Å². The minimum absolute atomic E-state index is 0.131. The average Bonchev–Trinajstić information content (AvgIpc) is 2.42. The summed E-state index contributed by atoms with van der Waals surface area (Å²) in [6.07, 6.45) is 3.49. The van der Waals surface area contributed by atoms with Crippen molar-refractivity contribution in [3.63, 3.8) is 0 Å². The predicted octanol–water partition coefficient (Wildman–Crippen LogP) is 3.98. The van der Waals surface area contributed by atoms with E-state index in [1.54, 1.807) is 6.20 Å². The van der Waals surface area contributed by atoms with E-state index in [2.05, 4.69) is 11.9 Å². The van der Waals surface area contributed by atoms with Gasteiger partial charge in [-0.15, -0.1) is 0 Å². The maximum Gasteiger partial charge on any atom is 0.219 e. The second-order valence-electron chi connectivity index (χ2n) is 4.89. The Morgan fingerprint density at radius 2 is 2.10 bits per heavy atom. The normalized spacial score (nSPS) is 12.2. The van der Waals surface area contributed by atoms with Crippen LogP contribution in [0.2, 0.25) is 5.02 Å². The second-order valence-corrected chi connectivity index (χ2v) is 5.30. The first-order chi connectivity index (χ1) is 9.58. The summed E-state index contributed by atoms with van der Waals surface area (Å²) in [5.41, 5.74) is 7.94. The van der Waals surface area contributed by atoms with Gasteiger partial charge < -0.3 is 10.5 Å². The first-order valence-corrected chi connectivity index (χ1v) is 7.13. The zero-order valence-electron chi connectivity index (χ0n) is 11.8. The van der Waals surface area contributed by atoms with Crippen LogP contribution in [0.3, 0.4) is 0 Å². The lowest BCUT2D eigenvalue weighted by Crippen LogP contribution is -2.17. The summed E-state index contributed by atoms with van der Waals surface area (Å²) in [6, 6.07) is 9.62. The van der Waals surface area contributed by atoms with Crippen molar-refractivity contribution in [2.45, 2.75) is 32.7 Å². The van der Waals surface area contributed by atoms with Crippen LogP contribution in [0, 0.1) is 0 Å². The van der Waals surface area contributed by atoms with Gasteiger partial charge in [-0.1, -0.05) is 24.6 Å². The van der Waals surface area contributed by atoms with Crippen molar-refractivity contribution >= 4 is 11.6 Å². The number of nitrogens with two attached hydrogens (primary N) is 1. The summed E-state index contributed by atoms with van der Waals surface area (Å²) in [6.45, 7) is 4.04. The van der Waals surface area contributed by atoms with Gasteiger partial charge in [0.2, 0.25) is 5.88 Å². The molecule has 1 aromatic carbocycles. The van der Waals surface area contributed by atoms with Crippen LogP contribution >= 0.6 is 11.6 Å². The standard InChI is InChI=1S/C16H19ClN2O/c1-3-13-9-14(5-6-15(13)17)20-16-7-4-12(10-19-16)8-11(2)18/h4-7,9-11H,3,8,18H2,1-2H3. The van der Waals surface area contributed by atoms with Crippen molar-refractivity contribution in [1.82, 2.24) is 4.98 Å². The number of pyridine rings is 1. The Hall–Kier alpha value is -1.58. The second kappa shape index (κ2) is 6.73. The Labute approximate surface area is 124 Å². The zero-order chi connectivity index (χ0) is 14.5. The molecule has 2 rings (SSSR count). The molecule has 4 heteroatoms. The number of nitrogens with zero attached hydrogens (tertiary/aromatic N) is 1. The van der Waals surface area contributed by atoms with Gasteiger partial charge in [0.1, 0.15) is 5.75 Å². The molecule has 1 unspecified atom stereocenters. The van der Waals surface area contributed by atoms with Crippen molar-refractivity contribution in [3.8, 4) is 11.6 Å². The number of hydrogen-bond acceptors (Lipinski definition) is 3. The summed E-state index contributed by atoms with van der Waals surface area (Å²) >= 11 is 6.09. The Morgan fingerprint density at radius 1 is 1.30 bits per heavy atom. The molecule has 0 spiro atoms. The summed E-state index contributed by atoms with van der Waals surface area (Å²) < 4.78 is 5.73. The van der Waals surface area contributed by atoms with Gasteiger partial charge in [-0.25, -0.2) is 4.98 Å².